The van der Waals surface area contributed by atoms with E-state index in [1.165, 1.54) is 4.31 Å². The standard InChI is InChI=1S/C24H24N2O5S/c27-24(17-31-21-6-5-18-3-1-2-4-19(18)15-21)26-10-9-20-16-22(7-8-23(20)26)32(28,29)25-11-13-30-14-12-25/h1-8,15-16H,9-14,17H2. The van der Waals surface area contributed by atoms with Crippen molar-refractivity contribution in [2.24, 2.45) is 0 Å². The Bertz CT molecular complexity index is 1270. The van der Waals surface area contributed by atoms with Crippen molar-refractivity contribution in [1.29, 1.82) is 0 Å². The number of fused-ring (bicyclic) bond motifs is 2. The number of nitrogens with zero attached hydrogens (tertiary/aromatic N) is 2. The van der Waals surface area contributed by atoms with Crippen LogP contribution < -0.4 is 9.64 Å². The monoisotopic (exact) mass is 452 g/mol. The van der Waals surface area contributed by atoms with Gasteiger partial charge in [0.2, 0.25) is 10.0 Å². The fraction of sp³-hybridized carbons (Fsp3) is 0.292. The lowest BCUT2D eigenvalue weighted by Crippen LogP contribution is -2.40. The van der Waals surface area contributed by atoms with Crippen LogP contribution in [0.2, 0.25) is 0 Å². The Morgan fingerprint density at radius 2 is 1.72 bits per heavy atom. The number of amides is 1. The Labute approximate surface area is 187 Å². The van der Waals surface area contributed by atoms with Crippen LogP contribution >= 0.6 is 0 Å². The second-order valence-corrected chi connectivity index (χ2v) is 9.84. The van der Waals surface area contributed by atoms with Gasteiger partial charge < -0.3 is 14.4 Å². The molecule has 0 atom stereocenters. The van der Waals surface area contributed by atoms with Crippen LogP contribution in [0.25, 0.3) is 10.8 Å². The highest BCUT2D eigenvalue weighted by molar-refractivity contribution is 7.89. The largest absolute Gasteiger partial charge is 0.484 e. The first-order valence-corrected chi connectivity index (χ1v) is 12.1. The first-order chi connectivity index (χ1) is 15.5. The lowest BCUT2D eigenvalue weighted by Gasteiger charge is -2.26. The Kier molecular flexibility index (Phi) is 5.58. The predicted octanol–water partition coefficient (Wildman–Crippen LogP) is 2.83. The number of rotatable bonds is 5. The maximum absolute atomic E-state index is 12.9. The molecule has 1 saturated heterocycles. The van der Waals surface area contributed by atoms with Gasteiger partial charge in [0.1, 0.15) is 5.75 Å². The van der Waals surface area contributed by atoms with Gasteiger partial charge in [0, 0.05) is 25.3 Å². The number of anilines is 1. The highest BCUT2D eigenvalue weighted by Crippen LogP contribution is 2.31. The fourth-order valence-corrected chi connectivity index (χ4v) is 5.67. The molecular formula is C24H24N2O5S. The van der Waals surface area contributed by atoms with E-state index in [1.54, 1.807) is 23.1 Å². The molecule has 0 saturated carbocycles. The van der Waals surface area contributed by atoms with Gasteiger partial charge >= 0.3 is 0 Å². The van der Waals surface area contributed by atoms with E-state index in [0.29, 0.717) is 45.0 Å². The summed E-state index contributed by atoms with van der Waals surface area (Å²) in [5.41, 5.74) is 1.61. The SMILES string of the molecule is O=C(COc1ccc2ccccc2c1)N1CCc2cc(S(=O)(=O)N3CCOCC3)ccc21. The van der Waals surface area contributed by atoms with E-state index in [4.69, 9.17) is 9.47 Å². The van der Waals surface area contributed by atoms with Crippen molar-refractivity contribution in [2.75, 3.05) is 44.4 Å². The summed E-state index contributed by atoms with van der Waals surface area (Å²) in [6.07, 6.45) is 0.615. The van der Waals surface area contributed by atoms with Gasteiger partial charge in [-0.2, -0.15) is 4.31 Å². The van der Waals surface area contributed by atoms with Gasteiger partial charge in [0.15, 0.2) is 6.61 Å². The van der Waals surface area contributed by atoms with Crippen molar-refractivity contribution < 1.29 is 22.7 Å². The number of sulfonamides is 1. The lowest BCUT2D eigenvalue weighted by molar-refractivity contribution is -0.120. The molecule has 2 aliphatic rings. The van der Waals surface area contributed by atoms with E-state index in [-0.39, 0.29) is 17.4 Å². The topological polar surface area (TPSA) is 76.2 Å². The maximum atomic E-state index is 12.9. The van der Waals surface area contributed by atoms with Gasteiger partial charge in [-0.3, -0.25) is 4.79 Å². The summed E-state index contributed by atoms with van der Waals surface area (Å²) in [6, 6.07) is 18.7. The van der Waals surface area contributed by atoms with Crippen molar-refractivity contribution in [3.8, 4) is 5.75 Å². The van der Waals surface area contributed by atoms with E-state index in [2.05, 4.69) is 0 Å². The van der Waals surface area contributed by atoms with Gasteiger partial charge in [-0.05, 0) is 53.1 Å². The molecule has 32 heavy (non-hydrogen) atoms. The lowest BCUT2D eigenvalue weighted by atomic mass is 10.1. The number of carbonyl (C=O) groups is 1. The van der Waals surface area contributed by atoms with E-state index >= 15 is 0 Å². The van der Waals surface area contributed by atoms with Crippen molar-refractivity contribution in [3.05, 3.63) is 66.2 Å². The van der Waals surface area contributed by atoms with Crippen molar-refractivity contribution in [2.45, 2.75) is 11.3 Å². The van der Waals surface area contributed by atoms with Gasteiger partial charge in [-0.15, -0.1) is 0 Å². The molecule has 3 aromatic rings. The molecule has 5 rings (SSSR count). The zero-order chi connectivity index (χ0) is 22.1. The number of hydrogen-bond acceptors (Lipinski definition) is 5. The van der Waals surface area contributed by atoms with E-state index in [0.717, 1.165) is 22.0 Å². The molecule has 0 aromatic heterocycles. The van der Waals surface area contributed by atoms with Gasteiger partial charge in [-0.1, -0.05) is 30.3 Å². The Morgan fingerprint density at radius 3 is 2.53 bits per heavy atom. The van der Waals surface area contributed by atoms with Crippen molar-refractivity contribution in [1.82, 2.24) is 4.31 Å². The predicted molar refractivity (Wildman–Crippen MR) is 122 cm³/mol. The number of benzene rings is 3. The van der Waals surface area contributed by atoms with Crippen LogP contribution in [-0.4, -0.2) is 58.1 Å². The van der Waals surface area contributed by atoms with Gasteiger partial charge in [0.05, 0.1) is 18.1 Å². The molecule has 0 N–H and O–H groups in total. The summed E-state index contributed by atoms with van der Waals surface area (Å²) in [5, 5.41) is 2.17. The van der Waals surface area contributed by atoms with Gasteiger partial charge in [-0.25, -0.2) is 8.42 Å². The highest BCUT2D eigenvalue weighted by atomic mass is 32.2. The minimum atomic E-state index is -3.56. The molecule has 8 heteroatoms. The number of ether oxygens (including phenoxy) is 2. The van der Waals surface area contributed by atoms with Crippen LogP contribution in [0.5, 0.6) is 5.75 Å². The summed E-state index contributed by atoms with van der Waals surface area (Å²) < 4.78 is 38.3. The Morgan fingerprint density at radius 1 is 0.938 bits per heavy atom. The van der Waals surface area contributed by atoms with Crippen LogP contribution in [0.1, 0.15) is 5.56 Å². The smallest absolute Gasteiger partial charge is 0.264 e. The first kappa shape index (κ1) is 20.9. The molecule has 0 aliphatic carbocycles. The van der Waals surface area contributed by atoms with Crippen LogP contribution in [0.4, 0.5) is 5.69 Å². The molecule has 7 nitrogen and oxygen atoms in total. The second-order valence-electron chi connectivity index (χ2n) is 7.90. The third-order valence-electron chi connectivity index (χ3n) is 5.94. The van der Waals surface area contributed by atoms with E-state index < -0.39 is 10.0 Å². The summed E-state index contributed by atoms with van der Waals surface area (Å²) in [4.78, 5) is 14.8. The zero-order valence-corrected chi connectivity index (χ0v) is 18.4. The minimum absolute atomic E-state index is 0.0778. The van der Waals surface area contributed by atoms with Crippen LogP contribution in [0.15, 0.2) is 65.6 Å². The molecule has 0 radical (unpaired) electrons. The van der Waals surface area contributed by atoms with Crippen LogP contribution in [0.3, 0.4) is 0 Å². The molecule has 166 valence electrons. The molecule has 1 fully saturated rings. The van der Waals surface area contributed by atoms with Crippen molar-refractivity contribution >= 4 is 32.4 Å². The molecule has 0 bridgehead atoms. The molecule has 0 unspecified atom stereocenters. The average Bonchev–Trinajstić information content (AvgIpc) is 3.26. The molecule has 2 heterocycles. The van der Waals surface area contributed by atoms with Crippen LogP contribution in [-0.2, 0) is 26.0 Å². The van der Waals surface area contributed by atoms with Crippen LogP contribution in [0, 0.1) is 0 Å². The summed E-state index contributed by atoms with van der Waals surface area (Å²) >= 11 is 0. The fourth-order valence-electron chi connectivity index (χ4n) is 4.21. The summed E-state index contributed by atoms with van der Waals surface area (Å²) in [7, 11) is -3.56. The Hall–Kier alpha value is -2.94. The third kappa shape index (κ3) is 3.97. The number of morpholine rings is 1. The quantitative estimate of drug-likeness (QED) is 0.595. The maximum Gasteiger partial charge on any atom is 0.264 e. The van der Waals surface area contributed by atoms with Crippen molar-refractivity contribution in [3.63, 3.8) is 0 Å². The highest BCUT2D eigenvalue weighted by Gasteiger charge is 2.30. The third-order valence-corrected chi connectivity index (χ3v) is 7.83. The first-order valence-electron chi connectivity index (χ1n) is 10.7. The van der Waals surface area contributed by atoms with E-state index in [1.807, 2.05) is 42.5 Å². The summed E-state index contributed by atoms with van der Waals surface area (Å²) in [6.45, 7) is 1.96. The molecular weight excluding hydrogens is 428 g/mol. The van der Waals surface area contributed by atoms with E-state index in [9.17, 15) is 13.2 Å². The zero-order valence-electron chi connectivity index (χ0n) is 17.6. The average molecular weight is 453 g/mol. The molecule has 0 spiro atoms. The normalized spacial score (nSPS) is 16.8. The second kappa shape index (κ2) is 8.54. The molecule has 3 aromatic carbocycles. The Balaban J connectivity index is 1.28. The number of hydrogen-bond donors (Lipinski definition) is 0. The minimum Gasteiger partial charge on any atom is -0.484 e. The summed E-state index contributed by atoms with van der Waals surface area (Å²) in [5.74, 6) is 0.490. The molecule has 2 aliphatic heterocycles. The molecule has 1 amide bonds. The number of carbonyl (C=O) groups excluding carboxylic acids is 1. The van der Waals surface area contributed by atoms with Gasteiger partial charge in [0.25, 0.3) is 5.91 Å².